The van der Waals surface area contributed by atoms with E-state index in [0.717, 1.165) is 10.9 Å². The molecule has 0 aliphatic rings. The lowest BCUT2D eigenvalue weighted by molar-refractivity contribution is -0.126. The number of carbonyl (C=O) groups is 2. The molecule has 1 heterocycles. The molecule has 1 aromatic heterocycles. The summed E-state index contributed by atoms with van der Waals surface area (Å²) < 4.78 is 1.82. The molecule has 0 unspecified atom stereocenters. The van der Waals surface area contributed by atoms with Crippen LogP contribution in [0.1, 0.15) is 25.8 Å². The second-order valence-electron chi connectivity index (χ2n) is 5.62. The molecule has 6 nitrogen and oxygen atoms in total. The van der Waals surface area contributed by atoms with Crippen molar-refractivity contribution >= 4 is 22.7 Å². The first-order chi connectivity index (χ1) is 10.5. The molecule has 22 heavy (non-hydrogen) atoms. The van der Waals surface area contributed by atoms with Gasteiger partial charge in [-0.15, -0.1) is 0 Å². The molecular formula is C16H22N4O2. The monoisotopic (exact) mass is 302 g/mol. The van der Waals surface area contributed by atoms with E-state index in [0.29, 0.717) is 13.0 Å². The first kappa shape index (κ1) is 16.0. The normalized spacial score (nSPS) is 10.9. The Hall–Kier alpha value is -2.37. The van der Waals surface area contributed by atoms with Gasteiger partial charge in [0, 0.05) is 17.8 Å². The predicted octanol–water partition coefficient (Wildman–Crippen LogP) is 1.38. The van der Waals surface area contributed by atoms with E-state index >= 15 is 0 Å². The smallest absolute Gasteiger partial charge is 0.239 e. The molecule has 1 aromatic carbocycles. The van der Waals surface area contributed by atoms with E-state index < -0.39 is 0 Å². The highest BCUT2D eigenvalue weighted by Crippen LogP contribution is 2.17. The number of nitrogens with one attached hydrogen (secondary N) is 2. The van der Waals surface area contributed by atoms with Crippen LogP contribution in [-0.2, 0) is 16.1 Å². The van der Waals surface area contributed by atoms with Crippen LogP contribution >= 0.6 is 0 Å². The van der Waals surface area contributed by atoms with Crippen LogP contribution < -0.4 is 10.6 Å². The van der Waals surface area contributed by atoms with Crippen molar-refractivity contribution in [2.45, 2.75) is 39.8 Å². The summed E-state index contributed by atoms with van der Waals surface area (Å²) in [6.07, 6.45) is 2.11. The van der Waals surface area contributed by atoms with Crippen molar-refractivity contribution in [1.29, 1.82) is 0 Å². The molecule has 0 radical (unpaired) electrons. The van der Waals surface area contributed by atoms with Gasteiger partial charge in [-0.25, -0.2) is 0 Å². The van der Waals surface area contributed by atoms with Gasteiger partial charge in [0.15, 0.2) is 0 Å². The molecule has 2 N–H and O–H groups in total. The molecule has 0 fully saturated rings. The molecule has 0 spiro atoms. The number of hydrogen-bond acceptors (Lipinski definition) is 3. The molecule has 6 heteroatoms. The van der Waals surface area contributed by atoms with Gasteiger partial charge in [0.2, 0.25) is 11.8 Å². The number of rotatable bonds is 6. The molecule has 0 bridgehead atoms. The lowest BCUT2D eigenvalue weighted by atomic mass is 10.1. The van der Waals surface area contributed by atoms with Gasteiger partial charge < -0.3 is 10.6 Å². The number of nitrogens with zero attached hydrogens (tertiary/aromatic N) is 2. The lowest BCUT2D eigenvalue weighted by Crippen LogP contribution is -2.40. The van der Waals surface area contributed by atoms with Gasteiger partial charge in [0.1, 0.15) is 0 Å². The highest BCUT2D eigenvalue weighted by molar-refractivity contribution is 5.85. The first-order valence-corrected chi connectivity index (χ1v) is 7.44. The molecular weight excluding hydrogens is 280 g/mol. The van der Waals surface area contributed by atoms with E-state index in [1.807, 2.05) is 49.8 Å². The standard InChI is InChI=1S/C16H22N4O2/c1-11(2)19-16(22)10-17-15(21)7-8-20-14-6-4-5-12(3)13(14)9-18-20/h4-6,9,11H,7-8,10H2,1-3H3,(H,17,21)(H,19,22). The third-order valence-electron chi connectivity index (χ3n) is 3.35. The molecule has 2 amide bonds. The minimum absolute atomic E-state index is 0.00990. The highest BCUT2D eigenvalue weighted by atomic mass is 16.2. The van der Waals surface area contributed by atoms with Crippen LogP contribution in [0.2, 0.25) is 0 Å². The third kappa shape index (κ3) is 4.07. The maximum atomic E-state index is 11.8. The van der Waals surface area contributed by atoms with Gasteiger partial charge in [-0.3, -0.25) is 14.3 Å². The van der Waals surface area contributed by atoms with Crippen LogP contribution in [0, 0.1) is 6.92 Å². The van der Waals surface area contributed by atoms with Crippen molar-refractivity contribution < 1.29 is 9.59 Å². The Morgan fingerprint density at radius 1 is 1.27 bits per heavy atom. The molecule has 0 aliphatic heterocycles. The molecule has 0 atom stereocenters. The van der Waals surface area contributed by atoms with Crippen LogP contribution in [0.15, 0.2) is 24.4 Å². The maximum absolute atomic E-state index is 11.8. The summed E-state index contributed by atoms with van der Waals surface area (Å²) in [7, 11) is 0. The van der Waals surface area contributed by atoms with Crippen molar-refractivity contribution in [2.24, 2.45) is 0 Å². The Morgan fingerprint density at radius 2 is 2.05 bits per heavy atom. The Morgan fingerprint density at radius 3 is 2.77 bits per heavy atom. The zero-order valence-corrected chi connectivity index (χ0v) is 13.2. The van der Waals surface area contributed by atoms with Crippen molar-refractivity contribution in [3.05, 3.63) is 30.0 Å². The topological polar surface area (TPSA) is 76.0 Å². The number of hydrogen-bond donors (Lipinski definition) is 2. The average Bonchev–Trinajstić information content (AvgIpc) is 2.87. The molecule has 2 aromatic rings. The number of fused-ring (bicyclic) bond motifs is 1. The minimum atomic E-state index is -0.177. The number of aryl methyl sites for hydroxylation is 2. The van der Waals surface area contributed by atoms with Gasteiger partial charge in [0.25, 0.3) is 0 Å². The summed E-state index contributed by atoms with van der Waals surface area (Å²) in [6, 6.07) is 6.08. The van der Waals surface area contributed by atoms with E-state index in [1.165, 1.54) is 5.56 Å². The number of benzene rings is 1. The zero-order valence-electron chi connectivity index (χ0n) is 13.2. The molecule has 118 valence electrons. The summed E-state index contributed by atoms with van der Waals surface area (Å²) in [5, 5.41) is 10.8. The van der Waals surface area contributed by atoms with E-state index in [1.54, 1.807) is 0 Å². The maximum Gasteiger partial charge on any atom is 0.239 e. The SMILES string of the molecule is Cc1cccc2c1cnn2CCC(=O)NCC(=O)NC(C)C. The average molecular weight is 302 g/mol. The van der Waals surface area contributed by atoms with Crippen LogP contribution in [0.3, 0.4) is 0 Å². The third-order valence-corrected chi connectivity index (χ3v) is 3.35. The first-order valence-electron chi connectivity index (χ1n) is 7.44. The molecule has 2 rings (SSSR count). The summed E-state index contributed by atoms with van der Waals surface area (Å²) in [4.78, 5) is 23.3. The lowest BCUT2D eigenvalue weighted by Gasteiger charge is -2.09. The van der Waals surface area contributed by atoms with E-state index in [4.69, 9.17) is 0 Å². The fourth-order valence-electron chi connectivity index (χ4n) is 2.27. The number of carbonyl (C=O) groups excluding carboxylic acids is 2. The van der Waals surface area contributed by atoms with Gasteiger partial charge in [-0.05, 0) is 32.4 Å². The minimum Gasteiger partial charge on any atom is -0.352 e. The van der Waals surface area contributed by atoms with Crippen LogP contribution in [0.25, 0.3) is 10.9 Å². The summed E-state index contributed by atoms with van der Waals surface area (Å²) in [6.45, 7) is 6.30. The highest BCUT2D eigenvalue weighted by Gasteiger charge is 2.09. The number of aromatic nitrogens is 2. The summed E-state index contributed by atoms with van der Waals surface area (Å²) in [5.41, 5.74) is 2.18. The van der Waals surface area contributed by atoms with Crippen molar-refractivity contribution in [1.82, 2.24) is 20.4 Å². The van der Waals surface area contributed by atoms with Gasteiger partial charge in [-0.2, -0.15) is 5.10 Å². The van der Waals surface area contributed by atoms with Crippen molar-refractivity contribution in [3.63, 3.8) is 0 Å². The van der Waals surface area contributed by atoms with Crippen LogP contribution in [0.5, 0.6) is 0 Å². The van der Waals surface area contributed by atoms with E-state index in [2.05, 4.69) is 15.7 Å². The Labute approximate surface area is 129 Å². The number of amides is 2. The fourth-order valence-corrected chi connectivity index (χ4v) is 2.27. The summed E-state index contributed by atoms with van der Waals surface area (Å²) >= 11 is 0. The summed E-state index contributed by atoms with van der Waals surface area (Å²) in [5.74, 6) is -0.335. The van der Waals surface area contributed by atoms with Gasteiger partial charge >= 0.3 is 0 Å². The molecule has 0 aliphatic carbocycles. The fraction of sp³-hybridized carbons (Fsp3) is 0.438. The predicted molar refractivity (Wildman–Crippen MR) is 85.4 cm³/mol. The zero-order chi connectivity index (χ0) is 16.1. The van der Waals surface area contributed by atoms with Crippen LogP contribution in [0.4, 0.5) is 0 Å². The molecule has 0 saturated heterocycles. The molecule has 0 saturated carbocycles. The van der Waals surface area contributed by atoms with Crippen molar-refractivity contribution in [3.8, 4) is 0 Å². The van der Waals surface area contributed by atoms with E-state index in [-0.39, 0.29) is 24.4 Å². The van der Waals surface area contributed by atoms with Gasteiger partial charge in [-0.1, -0.05) is 12.1 Å². The Kier molecular flexibility index (Phi) is 5.14. The quantitative estimate of drug-likeness (QED) is 0.846. The Balaban J connectivity index is 1.85. The van der Waals surface area contributed by atoms with Crippen LogP contribution in [-0.4, -0.2) is 34.2 Å². The van der Waals surface area contributed by atoms with Gasteiger partial charge in [0.05, 0.1) is 24.8 Å². The Bertz CT molecular complexity index is 676. The largest absolute Gasteiger partial charge is 0.352 e. The second-order valence-corrected chi connectivity index (χ2v) is 5.62. The van der Waals surface area contributed by atoms with Crippen molar-refractivity contribution in [2.75, 3.05) is 6.54 Å². The van der Waals surface area contributed by atoms with E-state index in [9.17, 15) is 9.59 Å². The second kappa shape index (κ2) is 7.06.